The molecular formula is C15H25NO2. The van der Waals surface area contributed by atoms with E-state index in [4.69, 9.17) is 4.42 Å². The molecule has 0 saturated heterocycles. The van der Waals surface area contributed by atoms with Gasteiger partial charge in [-0.2, -0.15) is 0 Å². The summed E-state index contributed by atoms with van der Waals surface area (Å²) in [6.07, 6.45) is 7.93. The molecule has 102 valence electrons. The first-order valence-corrected chi connectivity index (χ1v) is 6.98. The van der Waals surface area contributed by atoms with Gasteiger partial charge in [-0.1, -0.05) is 19.3 Å². The molecule has 0 atom stereocenters. The van der Waals surface area contributed by atoms with E-state index in [9.17, 15) is 5.11 Å². The molecule has 18 heavy (non-hydrogen) atoms. The topological polar surface area (TPSA) is 36.6 Å². The summed E-state index contributed by atoms with van der Waals surface area (Å²) in [4.78, 5) is 2.32. The predicted octanol–water partition coefficient (Wildman–Crippen LogP) is 2.96. The molecular weight excluding hydrogens is 226 g/mol. The molecule has 0 radical (unpaired) electrons. The van der Waals surface area contributed by atoms with Crippen molar-refractivity contribution in [3.05, 3.63) is 23.7 Å². The van der Waals surface area contributed by atoms with Crippen LogP contribution in [0.1, 0.15) is 43.4 Å². The van der Waals surface area contributed by atoms with Crippen LogP contribution in [0, 0.1) is 12.3 Å². The normalized spacial score (nSPS) is 19.3. The fraction of sp³-hybridized carbons (Fsp3) is 0.733. The van der Waals surface area contributed by atoms with E-state index in [1.54, 1.807) is 6.26 Å². The van der Waals surface area contributed by atoms with Gasteiger partial charge in [-0.05, 0) is 32.9 Å². The van der Waals surface area contributed by atoms with Crippen LogP contribution in [-0.4, -0.2) is 30.2 Å². The van der Waals surface area contributed by atoms with Crippen LogP contribution in [0.2, 0.25) is 0 Å². The van der Waals surface area contributed by atoms with Gasteiger partial charge in [-0.3, -0.25) is 0 Å². The highest BCUT2D eigenvalue weighted by Crippen LogP contribution is 2.36. The highest BCUT2D eigenvalue weighted by molar-refractivity contribution is 5.15. The smallest absolute Gasteiger partial charge is 0.105 e. The van der Waals surface area contributed by atoms with Crippen molar-refractivity contribution >= 4 is 0 Å². The number of hydrogen-bond acceptors (Lipinski definition) is 3. The zero-order chi connectivity index (χ0) is 13.0. The molecule has 1 aromatic rings. The fourth-order valence-electron chi connectivity index (χ4n) is 3.16. The van der Waals surface area contributed by atoms with E-state index in [0.29, 0.717) is 6.61 Å². The minimum Gasteiger partial charge on any atom is -0.469 e. The first-order valence-electron chi connectivity index (χ1n) is 6.98. The van der Waals surface area contributed by atoms with Gasteiger partial charge in [0, 0.05) is 30.7 Å². The number of aliphatic hydroxyl groups is 1. The number of nitrogens with zero attached hydrogens (tertiary/aromatic N) is 1. The first-order chi connectivity index (χ1) is 8.65. The van der Waals surface area contributed by atoms with Crippen molar-refractivity contribution in [1.29, 1.82) is 0 Å². The quantitative estimate of drug-likeness (QED) is 0.874. The summed E-state index contributed by atoms with van der Waals surface area (Å²) in [5.74, 6) is 1.00. The van der Waals surface area contributed by atoms with Crippen LogP contribution in [0.5, 0.6) is 0 Å². The first kappa shape index (κ1) is 13.6. The highest BCUT2D eigenvalue weighted by atomic mass is 16.3. The minimum absolute atomic E-state index is 0.130. The molecule has 1 aliphatic carbocycles. The third kappa shape index (κ3) is 3.15. The second-order valence-electron chi connectivity index (χ2n) is 5.89. The second kappa shape index (κ2) is 5.89. The van der Waals surface area contributed by atoms with Crippen molar-refractivity contribution in [2.75, 3.05) is 20.2 Å². The van der Waals surface area contributed by atoms with Gasteiger partial charge >= 0.3 is 0 Å². The highest BCUT2D eigenvalue weighted by Gasteiger charge is 2.32. The molecule has 1 fully saturated rings. The van der Waals surface area contributed by atoms with Crippen LogP contribution in [-0.2, 0) is 6.54 Å². The summed E-state index contributed by atoms with van der Waals surface area (Å²) in [5, 5.41) is 9.73. The maximum absolute atomic E-state index is 9.73. The molecule has 0 spiro atoms. The average molecular weight is 251 g/mol. The van der Waals surface area contributed by atoms with Crippen molar-refractivity contribution in [2.24, 2.45) is 5.41 Å². The molecule has 1 aliphatic rings. The van der Waals surface area contributed by atoms with E-state index < -0.39 is 0 Å². The van der Waals surface area contributed by atoms with Crippen LogP contribution < -0.4 is 0 Å². The van der Waals surface area contributed by atoms with Gasteiger partial charge in [0.2, 0.25) is 0 Å². The molecule has 0 bridgehead atoms. The van der Waals surface area contributed by atoms with Crippen molar-refractivity contribution in [3.63, 3.8) is 0 Å². The molecule has 3 heteroatoms. The Morgan fingerprint density at radius 1 is 1.33 bits per heavy atom. The maximum Gasteiger partial charge on any atom is 0.105 e. The number of furan rings is 1. The van der Waals surface area contributed by atoms with Gasteiger partial charge < -0.3 is 14.4 Å². The molecule has 1 saturated carbocycles. The number of hydrogen-bond donors (Lipinski definition) is 1. The van der Waals surface area contributed by atoms with Gasteiger partial charge in [-0.15, -0.1) is 0 Å². The van der Waals surface area contributed by atoms with Crippen molar-refractivity contribution < 1.29 is 9.52 Å². The molecule has 0 aromatic carbocycles. The SMILES string of the molecule is Cc1occc1CN(C)CC1(CO)CCCCC1. The Morgan fingerprint density at radius 3 is 2.61 bits per heavy atom. The maximum atomic E-state index is 9.73. The predicted molar refractivity (Wildman–Crippen MR) is 72.4 cm³/mol. The van der Waals surface area contributed by atoms with Gasteiger partial charge in [-0.25, -0.2) is 0 Å². The number of rotatable bonds is 5. The van der Waals surface area contributed by atoms with E-state index >= 15 is 0 Å². The molecule has 0 unspecified atom stereocenters. The van der Waals surface area contributed by atoms with Crippen molar-refractivity contribution in [3.8, 4) is 0 Å². The zero-order valence-electron chi connectivity index (χ0n) is 11.6. The molecule has 0 aliphatic heterocycles. The lowest BCUT2D eigenvalue weighted by atomic mass is 9.74. The van der Waals surface area contributed by atoms with E-state index in [0.717, 1.165) is 31.7 Å². The standard InChI is InChI=1S/C15H25NO2/c1-13-14(6-9-18-13)10-16(2)11-15(12-17)7-4-3-5-8-15/h6,9,17H,3-5,7-8,10-12H2,1-2H3. The Morgan fingerprint density at radius 2 is 2.06 bits per heavy atom. The summed E-state index contributed by atoms with van der Waals surface area (Å²) in [7, 11) is 2.14. The summed E-state index contributed by atoms with van der Waals surface area (Å²) >= 11 is 0. The minimum atomic E-state index is 0.130. The van der Waals surface area contributed by atoms with Crippen LogP contribution in [0.3, 0.4) is 0 Å². The van der Waals surface area contributed by atoms with E-state index in [-0.39, 0.29) is 5.41 Å². The number of aryl methyl sites for hydroxylation is 1. The van der Waals surface area contributed by atoms with Gasteiger partial charge in [0.1, 0.15) is 5.76 Å². The Labute approximate surface area is 110 Å². The molecule has 1 heterocycles. The zero-order valence-corrected chi connectivity index (χ0v) is 11.6. The van der Waals surface area contributed by atoms with Crippen LogP contribution in [0.25, 0.3) is 0 Å². The van der Waals surface area contributed by atoms with E-state index in [1.807, 2.05) is 13.0 Å². The number of aliphatic hydroxyl groups excluding tert-OH is 1. The van der Waals surface area contributed by atoms with Gasteiger partial charge in [0.15, 0.2) is 0 Å². The van der Waals surface area contributed by atoms with Gasteiger partial charge in [0.05, 0.1) is 6.26 Å². The van der Waals surface area contributed by atoms with E-state index in [2.05, 4.69) is 11.9 Å². The Hall–Kier alpha value is -0.800. The largest absolute Gasteiger partial charge is 0.469 e. The lowest BCUT2D eigenvalue weighted by Crippen LogP contribution is -2.39. The van der Waals surface area contributed by atoms with E-state index in [1.165, 1.54) is 24.8 Å². The van der Waals surface area contributed by atoms with Crippen LogP contribution >= 0.6 is 0 Å². The second-order valence-corrected chi connectivity index (χ2v) is 5.89. The molecule has 1 N–H and O–H groups in total. The summed E-state index contributed by atoms with van der Waals surface area (Å²) in [5.41, 5.74) is 1.38. The fourth-order valence-corrected chi connectivity index (χ4v) is 3.16. The molecule has 0 amide bonds. The lowest BCUT2D eigenvalue weighted by molar-refractivity contribution is 0.0463. The summed E-state index contributed by atoms with van der Waals surface area (Å²) in [6.45, 7) is 4.21. The monoisotopic (exact) mass is 251 g/mol. The third-order valence-electron chi connectivity index (χ3n) is 4.26. The molecule has 1 aromatic heterocycles. The summed E-state index contributed by atoms with van der Waals surface area (Å²) < 4.78 is 5.33. The average Bonchev–Trinajstić information content (AvgIpc) is 2.76. The summed E-state index contributed by atoms with van der Waals surface area (Å²) in [6, 6.07) is 2.04. The van der Waals surface area contributed by atoms with Crippen molar-refractivity contribution in [1.82, 2.24) is 4.90 Å². The van der Waals surface area contributed by atoms with Gasteiger partial charge in [0.25, 0.3) is 0 Å². The third-order valence-corrected chi connectivity index (χ3v) is 4.26. The Balaban J connectivity index is 1.93. The lowest BCUT2D eigenvalue weighted by Gasteiger charge is -2.38. The molecule has 3 nitrogen and oxygen atoms in total. The molecule has 2 rings (SSSR count). The Kier molecular flexibility index (Phi) is 4.46. The van der Waals surface area contributed by atoms with Crippen molar-refractivity contribution in [2.45, 2.75) is 45.6 Å². The van der Waals surface area contributed by atoms with Crippen LogP contribution in [0.4, 0.5) is 0 Å². The Bertz CT molecular complexity index is 366. The van der Waals surface area contributed by atoms with Crippen LogP contribution in [0.15, 0.2) is 16.7 Å².